The molecule has 1 fully saturated rings. The van der Waals surface area contributed by atoms with E-state index in [4.69, 9.17) is 9.47 Å². The van der Waals surface area contributed by atoms with Crippen LogP contribution in [0.15, 0.2) is 24.3 Å². The van der Waals surface area contributed by atoms with Gasteiger partial charge in [-0.3, -0.25) is 0 Å². The van der Waals surface area contributed by atoms with Gasteiger partial charge in [0, 0.05) is 12.1 Å². The Hall–Kier alpha value is -1.22. The summed E-state index contributed by atoms with van der Waals surface area (Å²) < 4.78 is 11.5. The standard InChI is InChI=1S/C17H27NO2/c1-4-13-9-10-16(18-5-2)17(11-13)20-15-8-6-7-14(12-15)19-3/h6-8,12-13,16-18H,4-5,9-11H2,1-3H3. The molecular weight excluding hydrogens is 250 g/mol. The minimum atomic E-state index is 0.265. The second-order valence-corrected chi connectivity index (χ2v) is 5.59. The molecule has 1 saturated carbocycles. The van der Waals surface area contributed by atoms with Crippen LogP contribution in [-0.4, -0.2) is 25.8 Å². The first-order valence-corrected chi connectivity index (χ1v) is 7.80. The average molecular weight is 277 g/mol. The predicted octanol–water partition coefficient (Wildman–Crippen LogP) is 3.63. The van der Waals surface area contributed by atoms with E-state index in [1.807, 2.05) is 24.3 Å². The van der Waals surface area contributed by atoms with Crippen LogP contribution in [0.3, 0.4) is 0 Å². The van der Waals surface area contributed by atoms with Crippen LogP contribution < -0.4 is 14.8 Å². The van der Waals surface area contributed by atoms with E-state index in [-0.39, 0.29) is 6.10 Å². The summed E-state index contributed by atoms with van der Waals surface area (Å²) in [4.78, 5) is 0. The molecule has 1 aromatic carbocycles. The lowest BCUT2D eigenvalue weighted by atomic mass is 9.82. The van der Waals surface area contributed by atoms with E-state index in [1.165, 1.54) is 19.3 Å². The number of benzene rings is 1. The molecule has 0 bridgehead atoms. The molecule has 2 rings (SSSR count). The molecule has 0 heterocycles. The first-order valence-electron chi connectivity index (χ1n) is 7.80. The van der Waals surface area contributed by atoms with E-state index in [1.54, 1.807) is 7.11 Å². The fraction of sp³-hybridized carbons (Fsp3) is 0.647. The Morgan fingerprint density at radius 2 is 2.00 bits per heavy atom. The molecule has 3 atom stereocenters. The highest BCUT2D eigenvalue weighted by molar-refractivity contribution is 5.33. The fourth-order valence-corrected chi connectivity index (χ4v) is 3.06. The maximum Gasteiger partial charge on any atom is 0.123 e. The number of hydrogen-bond acceptors (Lipinski definition) is 3. The van der Waals surface area contributed by atoms with Gasteiger partial charge < -0.3 is 14.8 Å². The summed E-state index contributed by atoms with van der Waals surface area (Å²) >= 11 is 0. The maximum absolute atomic E-state index is 6.25. The third kappa shape index (κ3) is 3.89. The molecule has 20 heavy (non-hydrogen) atoms. The van der Waals surface area contributed by atoms with E-state index < -0.39 is 0 Å². The highest BCUT2D eigenvalue weighted by Gasteiger charge is 2.30. The van der Waals surface area contributed by atoms with E-state index in [0.29, 0.717) is 6.04 Å². The lowest BCUT2D eigenvalue weighted by Crippen LogP contribution is -2.47. The lowest BCUT2D eigenvalue weighted by molar-refractivity contribution is 0.0854. The molecule has 3 unspecified atom stereocenters. The summed E-state index contributed by atoms with van der Waals surface area (Å²) in [5, 5.41) is 3.57. The predicted molar refractivity (Wildman–Crippen MR) is 82.5 cm³/mol. The normalized spacial score (nSPS) is 26.2. The van der Waals surface area contributed by atoms with Crippen LogP contribution in [0.25, 0.3) is 0 Å². The SMILES string of the molecule is CCNC1CCC(CC)CC1Oc1cccc(OC)c1. The lowest BCUT2D eigenvalue weighted by Gasteiger charge is -2.36. The van der Waals surface area contributed by atoms with E-state index in [0.717, 1.165) is 30.4 Å². The van der Waals surface area contributed by atoms with Crippen LogP contribution in [0.2, 0.25) is 0 Å². The van der Waals surface area contributed by atoms with Gasteiger partial charge in [0.1, 0.15) is 17.6 Å². The van der Waals surface area contributed by atoms with Gasteiger partial charge in [0.25, 0.3) is 0 Å². The molecular formula is C17H27NO2. The zero-order chi connectivity index (χ0) is 14.4. The van der Waals surface area contributed by atoms with Crippen molar-refractivity contribution in [2.45, 2.75) is 51.7 Å². The van der Waals surface area contributed by atoms with Crippen molar-refractivity contribution in [3.63, 3.8) is 0 Å². The Labute approximate surface area is 122 Å². The summed E-state index contributed by atoms with van der Waals surface area (Å²) in [6.07, 6.45) is 5.18. The second-order valence-electron chi connectivity index (χ2n) is 5.59. The van der Waals surface area contributed by atoms with Gasteiger partial charge in [0.2, 0.25) is 0 Å². The number of hydrogen-bond donors (Lipinski definition) is 1. The van der Waals surface area contributed by atoms with Crippen molar-refractivity contribution in [3.05, 3.63) is 24.3 Å². The largest absolute Gasteiger partial charge is 0.497 e. The molecule has 0 aromatic heterocycles. The van der Waals surface area contributed by atoms with E-state index in [9.17, 15) is 0 Å². The maximum atomic E-state index is 6.25. The van der Waals surface area contributed by atoms with Gasteiger partial charge in [-0.05, 0) is 43.9 Å². The third-order valence-corrected chi connectivity index (χ3v) is 4.27. The Balaban J connectivity index is 2.05. The smallest absolute Gasteiger partial charge is 0.123 e. The number of ether oxygens (including phenoxy) is 2. The molecule has 3 nitrogen and oxygen atoms in total. The first-order chi connectivity index (χ1) is 9.76. The molecule has 1 aliphatic carbocycles. The molecule has 0 amide bonds. The molecule has 1 aliphatic rings. The second kappa shape index (κ2) is 7.53. The summed E-state index contributed by atoms with van der Waals surface area (Å²) in [6.45, 7) is 5.44. The highest BCUT2D eigenvalue weighted by atomic mass is 16.5. The average Bonchev–Trinajstić information content (AvgIpc) is 2.49. The van der Waals surface area contributed by atoms with Gasteiger partial charge in [-0.15, -0.1) is 0 Å². The topological polar surface area (TPSA) is 30.5 Å². The first kappa shape index (κ1) is 15.2. The monoisotopic (exact) mass is 277 g/mol. The molecule has 1 aromatic rings. The van der Waals surface area contributed by atoms with Crippen molar-refractivity contribution in [2.24, 2.45) is 5.92 Å². The zero-order valence-corrected chi connectivity index (χ0v) is 12.9. The van der Waals surface area contributed by atoms with Gasteiger partial charge in [-0.1, -0.05) is 26.3 Å². The Morgan fingerprint density at radius 1 is 1.20 bits per heavy atom. The number of likely N-dealkylation sites (N-methyl/N-ethyl adjacent to an activating group) is 1. The molecule has 0 radical (unpaired) electrons. The van der Waals surface area contributed by atoms with E-state index >= 15 is 0 Å². The van der Waals surface area contributed by atoms with Crippen molar-refractivity contribution in [2.75, 3.05) is 13.7 Å². The van der Waals surface area contributed by atoms with Crippen LogP contribution in [0.1, 0.15) is 39.5 Å². The Morgan fingerprint density at radius 3 is 2.70 bits per heavy atom. The van der Waals surface area contributed by atoms with Crippen molar-refractivity contribution >= 4 is 0 Å². The molecule has 0 spiro atoms. The van der Waals surface area contributed by atoms with Crippen LogP contribution in [0.4, 0.5) is 0 Å². The number of rotatable bonds is 6. The molecule has 112 valence electrons. The summed E-state index contributed by atoms with van der Waals surface area (Å²) in [6, 6.07) is 8.38. The van der Waals surface area contributed by atoms with Gasteiger partial charge in [-0.2, -0.15) is 0 Å². The summed E-state index contributed by atoms with van der Waals surface area (Å²) in [7, 11) is 1.69. The van der Waals surface area contributed by atoms with Crippen molar-refractivity contribution in [1.82, 2.24) is 5.32 Å². The van der Waals surface area contributed by atoms with Crippen molar-refractivity contribution < 1.29 is 9.47 Å². The van der Waals surface area contributed by atoms with Crippen LogP contribution in [0.5, 0.6) is 11.5 Å². The van der Waals surface area contributed by atoms with Crippen LogP contribution >= 0.6 is 0 Å². The summed E-state index contributed by atoms with van der Waals surface area (Å²) in [5.74, 6) is 2.56. The highest BCUT2D eigenvalue weighted by Crippen LogP contribution is 2.31. The molecule has 1 N–H and O–H groups in total. The van der Waals surface area contributed by atoms with Gasteiger partial charge in [0.05, 0.1) is 7.11 Å². The Kier molecular flexibility index (Phi) is 5.72. The zero-order valence-electron chi connectivity index (χ0n) is 12.9. The van der Waals surface area contributed by atoms with Crippen molar-refractivity contribution in [1.29, 1.82) is 0 Å². The van der Waals surface area contributed by atoms with Crippen LogP contribution in [-0.2, 0) is 0 Å². The Bertz CT molecular complexity index is 408. The molecule has 0 aliphatic heterocycles. The van der Waals surface area contributed by atoms with Gasteiger partial charge >= 0.3 is 0 Å². The van der Waals surface area contributed by atoms with Gasteiger partial charge in [0.15, 0.2) is 0 Å². The minimum Gasteiger partial charge on any atom is -0.497 e. The molecule has 0 saturated heterocycles. The van der Waals surface area contributed by atoms with Crippen LogP contribution in [0, 0.1) is 5.92 Å². The quantitative estimate of drug-likeness (QED) is 0.861. The molecule has 3 heteroatoms. The van der Waals surface area contributed by atoms with Crippen molar-refractivity contribution in [3.8, 4) is 11.5 Å². The minimum absolute atomic E-state index is 0.265. The fourth-order valence-electron chi connectivity index (χ4n) is 3.06. The third-order valence-electron chi connectivity index (χ3n) is 4.27. The van der Waals surface area contributed by atoms with E-state index in [2.05, 4.69) is 19.2 Å². The summed E-state index contributed by atoms with van der Waals surface area (Å²) in [5.41, 5.74) is 0. The van der Waals surface area contributed by atoms with Gasteiger partial charge in [-0.25, -0.2) is 0 Å². The number of nitrogens with one attached hydrogen (secondary N) is 1. The number of methoxy groups -OCH3 is 1.